The van der Waals surface area contributed by atoms with Gasteiger partial charge in [-0.05, 0) is 61.6 Å². The molecule has 1 aliphatic carbocycles. The van der Waals surface area contributed by atoms with Crippen LogP contribution >= 0.6 is 0 Å². The van der Waals surface area contributed by atoms with Gasteiger partial charge in [-0.25, -0.2) is 0 Å². The molecule has 0 bridgehead atoms. The molecule has 1 aromatic rings. The zero-order valence-corrected chi connectivity index (χ0v) is 16.2. The van der Waals surface area contributed by atoms with Crippen LogP contribution in [0.15, 0.2) is 36.4 Å². The lowest BCUT2D eigenvalue weighted by atomic mass is 9.78. The smallest absolute Gasteiger partial charge is 0.119 e. The number of ether oxygens (including phenoxy) is 2. The molecular weight excluding hydrogens is 308 g/mol. The quantitative estimate of drug-likeness (QED) is 0.336. The fourth-order valence-electron chi connectivity index (χ4n) is 3.72. The molecule has 0 aliphatic heterocycles. The standard InChI is InChI=1S/C23H36O2/c1-3-4-5-6-7-19-25-23-16-14-22(15-17-23)21-12-10-20(11-13-21)9-8-18-24-2/h8-9,14-17,20-21H,3-7,10-13,18-19H2,1-2H3. The molecule has 0 N–H and O–H groups in total. The van der Waals surface area contributed by atoms with Gasteiger partial charge in [0, 0.05) is 7.11 Å². The van der Waals surface area contributed by atoms with Gasteiger partial charge >= 0.3 is 0 Å². The van der Waals surface area contributed by atoms with Crippen molar-refractivity contribution in [2.24, 2.45) is 5.92 Å². The van der Waals surface area contributed by atoms with Crippen molar-refractivity contribution in [2.75, 3.05) is 20.3 Å². The molecule has 0 aromatic heterocycles. The summed E-state index contributed by atoms with van der Waals surface area (Å²) in [4.78, 5) is 0. The number of unbranched alkanes of at least 4 members (excludes halogenated alkanes) is 4. The summed E-state index contributed by atoms with van der Waals surface area (Å²) < 4.78 is 11.0. The Balaban J connectivity index is 1.68. The third kappa shape index (κ3) is 7.64. The van der Waals surface area contributed by atoms with Crippen molar-refractivity contribution in [3.8, 4) is 5.75 Å². The van der Waals surface area contributed by atoms with E-state index in [-0.39, 0.29) is 0 Å². The fourth-order valence-corrected chi connectivity index (χ4v) is 3.72. The summed E-state index contributed by atoms with van der Waals surface area (Å²) in [6.07, 6.45) is 16.1. The summed E-state index contributed by atoms with van der Waals surface area (Å²) in [7, 11) is 1.75. The van der Waals surface area contributed by atoms with Crippen LogP contribution in [0.2, 0.25) is 0 Å². The van der Waals surface area contributed by atoms with Crippen LogP contribution in [0.4, 0.5) is 0 Å². The van der Waals surface area contributed by atoms with Crippen molar-refractivity contribution in [3.05, 3.63) is 42.0 Å². The molecule has 140 valence electrons. The molecule has 0 heterocycles. The number of hydrogen-bond acceptors (Lipinski definition) is 2. The molecule has 0 atom stereocenters. The maximum absolute atomic E-state index is 5.88. The Hall–Kier alpha value is -1.28. The average Bonchev–Trinajstić information content (AvgIpc) is 2.66. The second-order valence-electron chi connectivity index (χ2n) is 7.33. The Bertz CT molecular complexity index is 469. The third-order valence-corrected chi connectivity index (χ3v) is 5.31. The van der Waals surface area contributed by atoms with Crippen LogP contribution in [0.3, 0.4) is 0 Å². The van der Waals surface area contributed by atoms with E-state index in [9.17, 15) is 0 Å². The van der Waals surface area contributed by atoms with E-state index in [4.69, 9.17) is 9.47 Å². The number of rotatable bonds is 11. The van der Waals surface area contributed by atoms with Crippen LogP contribution in [-0.4, -0.2) is 20.3 Å². The van der Waals surface area contributed by atoms with Crippen molar-refractivity contribution in [2.45, 2.75) is 70.6 Å². The zero-order chi connectivity index (χ0) is 17.7. The highest BCUT2D eigenvalue weighted by Crippen LogP contribution is 2.36. The summed E-state index contributed by atoms with van der Waals surface area (Å²) in [5, 5.41) is 0. The lowest BCUT2D eigenvalue weighted by molar-refractivity contribution is 0.233. The Morgan fingerprint density at radius 1 is 0.960 bits per heavy atom. The van der Waals surface area contributed by atoms with Crippen molar-refractivity contribution in [1.82, 2.24) is 0 Å². The van der Waals surface area contributed by atoms with Crippen LogP contribution in [0, 0.1) is 5.92 Å². The van der Waals surface area contributed by atoms with E-state index in [1.165, 1.54) is 63.4 Å². The van der Waals surface area contributed by atoms with Gasteiger partial charge in [-0.1, -0.05) is 56.9 Å². The van der Waals surface area contributed by atoms with Crippen molar-refractivity contribution in [1.29, 1.82) is 0 Å². The molecule has 2 rings (SSSR count). The van der Waals surface area contributed by atoms with Gasteiger partial charge in [0.25, 0.3) is 0 Å². The van der Waals surface area contributed by atoms with Crippen LogP contribution in [-0.2, 0) is 4.74 Å². The Morgan fingerprint density at radius 3 is 2.36 bits per heavy atom. The Labute approximate surface area is 154 Å². The maximum Gasteiger partial charge on any atom is 0.119 e. The van der Waals surface area contributed by atoms with E-state index in [0.29, 0.717) is 0 Å². The number of benzene rings is 1. The highest BCUT2D eigenvalue weighted by atomic mass is 16.5. The summed E-state index contributed by atoms with van der Waals surface area (Å²) in [6, 6.07) is 8.87. The second-order valence-corrected chi connectivity index (χ2v) is 7.33. The molecule has 1 aromatic carbocycles. The fraction of sp³-hybridized carbons (Fsp3) is 0.652. The zero-order valence-electron chi connectivity index (χ0n) is 16.2. The van der Waals surface area contributed by atoms with Crippen LogP contribution in [0.5, 0.6) is 5.75 Å². The van der Waals surface area contributed by atoms with Gasteiger partial charge in [0.15, 0.2) is 0 Å². The van der Waals surface area contributed by atoms with E-state index in [2.05, 4.69) is 43.3 Å². The lowest BCUT2D eigenvalue weighted by Gasteiger charge is -2.27. The molecular formula is C23H36O2. The lowest BCUT2D eigenvalue weighted by Crippen LogP contribution is -2.11. The minimum atomic E-state index is 0.718. The van der Waals surface area contributed by atoms with Crippen molar-refractivity contribution < 1.29 is 9.47 Å². The van der Waals surface area contributed by atoms with Gasteiger partial charge in [0.05, 0.1) is 13.2 Å². The first-order valence-electron chi connectivity index (χ1n) is 10.2. The molecule has 0 radical (unpaired) electrons. The first-order chi connectivity index (χ1) is 12.3. The molecule has 1 saturated carbocycles. The topological polar surface area (TPSA) is 18.5 Å². The Kier molecular flexibility index (Phi) is 9.73. The maximum atomic E-state index is 5.88. The monoisotopic (exact) mass is 344 g/mol. The third-order valence-electron chi connectivity index (χ3n) is 5.31. The molecule has 2 nitrogen and oxygen atoms in total. The van der Waals surface area contributed by atoms with Crippen LogP contribution < -0.4 is 4.74 Å². The predicted octanol–water partition coefficient (Wildman–Crippen LogP) is 6.51. The first-order valence-corrected chi connectivity index (χ1v) is 10.2. The predicted molar refractivity (Wildman–Crippen MR) is 106 cm³/mol. The summed E-state index contributed by atoms with van der Waals surface area (Å²) in [5.41, 5.74) is 1.48. The molecule has 1 fully saturated rings. The highest BCUT2D eigenvalue weighted by Gasteiger charge is 2.20. The summed E-state index contributed by atoms with van der Waals surface area (Å²) in [5.74, 6) is 2.48. The van der Waals surface area contributed by atoms with E-state index in [1.807, 2.05) is 0 Å². The Morgan fingerprint density at radius 2 is 1.68 bits per heavy atom. The van der Waals surface area contributed by atoms with Gasteiger partial charge in [-0.3, -0.25) is 0 Å². The van der Waals surface area contributed by atoms with E-state index in [1.54, 1.807) is 7.11 Å². The average molecular weight is 345 g/mol. The molecule has 0 amide bonds. The van der Waals surface area contributed by atoms with E-state index >= 15 is 0 Å². The second kappa shape index (κ2) is 12.1. The summed E-state index contributed by atoms with van der Waals surface area (Å²) >= 11 is 0. The van der Waals surface area contributed by atoms with E-state index in [0.717, 1.165) is 30.8 Å². The largest absolute Gasteiger partial charge is 0.494 e. The normalized spacial score (nSPS) is 20.9. The highest BCUT2D eigenvalue weighted by molar-refractivity contribution is 5.29. The summed E-state index contributed by atoms with van der Waals surface area (Å²) in [6.45, 7) is 3.84. The van der Waals surface area contributed by atoms with E-state index < -0.39 is 0 Å². The van der Waals surface area contributed by atoms with Gasteiger partial charge in [0.2, 0.25) is 0 Å². The molecule has 1 aliphatic rings. The first kappa shape index (κ1) is 20.0. The number of allylic oxidation sites excluding steroid dienone is 1. The SMILES string of the molecule is CCCCCCCOc1ccc(C2CCC(C=CCOC)CC2)cc1. The number of methoxy groups -OCH3 is 1. The van der Waals surface area contributed by atoms with Gasteiger partial charge < -0.3 is 9.47 Å². The minimum Gasteiger partial charge on any atom is -0.494 e. The molecule has 0 unspecified atom stereocenters. The van der Waals surface area contributed by atoms with Gasteiger partial charge in [-0.2, -0.15) is 0 Å². The van der Waals surface area contributed by atoms with Gasteiger partial charge in [-0.15, -0.1) is 0 Å². The van der Waals surface area contributed by atoms with Crippen LogP contribution in [0.25, 0.3) is 0 Å². The van der Waals surface area contributed by atoms with Crippen molar-refractivity contribution in [3.63, 3.8) is 0 Å². The molecule has 0 spiro atoms. The van der Waals surface area contributed by atoms with Crippen molar-refractivity contribution >= 4 is 0 Å². The molecule has 25 heavy (non-hydrogen) atoms. The number of hydrogen-bond donors (Lipinski definition) is 0. The van der Waals surface area contributed by atoms with Gasteiger partial charge in [0.1, 0.15) is 5.75 Å². The molecule has 2 heteroatoms. The van der Waals surface area contributed by atoms with Crippen LogP contribution in [0.1, 0.15) is 76.2 Å². The minimum absolute atomic E-state index is 0.718. The molecule has 0 saturated heterocycles.